The van der Waals surface area contributed by atoms with E-state index in [4.69, 9.17) is 9.47 Å². The van der Waals surface area contributed by atoms with Gasteiger partial charge in [0.25, 0.3) is 0 Å². The molecule has 1 aliphatic heterocycles. The zero-order valence-electron chi connectivity index (χ0n) is 19.1. The van der Waals surface area contributed by atoms with Crippen molar-refractivity contribution in [2.45, 2.75) is 33.2 Å². The minimum Gasteiger partial charge on any atom is -0.493 e. The molecular weight excluding hydrogens is 402 g/mol. The lowest BCUT2D eigenvalue weighted by molar-refractivity contribution is 0.353. The molecule has 164 valence electrons. The number of hydrogen-bond donors (Lipinski definition) is 0. The van der Waals surface area contributed by atoms with E-state index in [0.29, 0.717) is 0 Å². The molecule has 1 unspecified atom stereocenters. The van der Waals surface area contributed by atoms with Crippen LogP contribution in [0.5, 0.6) is 11.5 Å². The molecule has 7 heteroatoms. The van der Waals surface area contributed by atoms with E-state index in [9.17, 15) is 0 Å². The van der Waals surface area contributed by atoms with Crippen molar-refractivity contribution in [1.29, 1.82) is 0 Å². The van der Waals surface area contributed by atoms with Gasteiger partial charge in [-0.1, -0.05) is 17.7 Å². The average Bonchev–Trinajstić information content (AvgIpc) is 3.23. The topological polar surface area (TPSA) is 65.3 Å². The second kappa shape index (κ2) is 7.82. The second-order valence-electron chi connectivity index (χ2n) is 8.31. The molecule has 0 N–H and O–H groups in total. The van der Waals surface area contributed by atoms with Gasteiger partial charge in [0.15, 0.2) is 17.1 Å². The molecule has 4 aromatic rings. The largest absolute Gasteiger partial charge is 0.493 e. The van der Waals surface area contributed by atoms with E-state index in [1.807, 2.05) is 10.9 Å². The first kappa shape index (κ1) is 20.3. The van der Waals surface area contributed by atoms with Crippen molar-refractivity contribution < 1.29 is 9.47 Å². The molecule has 3 heterocycles. The summed E-state index contributed by atoms with van der Waals surface area (Å²) in [6.45, 7) is 7.25. The Labute approximate surface area is 187 Å². The normalized spacial score (nSPS) is 15.7. The average molecular weight is 430 g/mol. The molecule has 1 atom stereocenters. The quantitative estimate of drug-likeness (QED) is 0.473. The second-order valence-corrected chi connectivity index (χ2v) is 8.31. The smallest absolute Gasteiger partial charge is 0.168 e. The van der Waals surface area contributed by atoms with Crippen LogP contribution in [0, 0.1) is 13.8 Å². The van der Waals surface area contributed by atoms with Gasteiger partial charge in [-0.3, -0.25) is 0 Å². The van der Waals surface area contributed by atoms with Crippen molar-refractivity contribution in [3.63, 3.8) is 0 Å². The lowest BCUT2D eigenvalue weighted by Crippen LogP contribution is -2.34. The van der Waals surface area contributed by atoms with Gasteiger partial charge in [0.2, 0.25) is 0 Å². The predicted molar refractivity (Wildman–Crippen MR) is 125 cm³/mol. The molecule has 2 aromatic heterocycles. The van der Waals surface area contributed by atoms with Gasteiger partial charge in [0.05, 0.1) is 37.5 Å². The van der Waals surface area contributed by atoms with E-state index in [1.165, 1.54) is 16.7 Å². The Kier molecular flexibility index (Phi) is 4.96. The zero-order chi connectivity index (χ0) is 22.4. The van der Waals surface area contributed by atoms with Crippen LogP contribution in [0.1, 0.15) is 35.2 Å². The highest BCUT2D eigenvalue weighted by Gasteiger charge is 2.29. The number of nitrogens with zero attached hydrogens (tertiary/aromatic N) is 5. The van der Waals surface area contributed by atoms with E-state index in [1.54, 1.807) is 20.5 Å². The van der Waals surface area contributed by atoms with Crippen LogP contribution in [0.4, 0.5) is 5.82 Å². The van der Waals surface area contributed by atoms with Crippen LogP contribution in [-0.4, -0.2) is 40.5 Å². The van der Waals surface area contributed by atoms with Crippen LogP contribution in [0.2, 0.25) is 0 Å². The molecule has 0 amide bonds. The van der Waals surface area contributed by atoms with Crippen molar-refractivity contribution in [3.05, 3.63) is 65.1 Å². The molecule has 0 bridgehead atoms. The maximum atomic E-state index is 5.55. The Balaban J connectivity index is 1.58. The number of hydrogen-bond acceptors (Lipinski definition) is 6. The first-order valence-electron chi connectivity index (χ1n) is 10.8. The Morgan fingerprint density at radius 1 is 1.00 bits per heavy atom. The summed E-state index contributed by atoms with van der Waals surface area (Å²) in [5, 5.41) is 5.63. The number of ether oxygens (including phenoxy) is 2. The van der Waals surface area contributed by atoms with E-state index in [0.717, 1.165) is 52.6 Å². The maximum absolute atomic E-state index is 5.55. The molecule has 7 nitrogen and oxygen atoms in total. The van der Waals surface area contributed by atoms with E-state index >= 15 is 0 Å². The number of aromatic nitrogens is 4. The summed E-state index contributed by atoms with van der Waals surface area (Å²) in [6, 6.07) is 10.7. The van der Waals surface area contributed by atoms with Gasteiger partial charge in [0.1, 0.15) is 12.1 Å². The highest BCUT2D eigenvalue weighted by atomic mass is 16.5. The lowest BCUT2D eigenvalue weighted by Gasteiger charge is -2.36. The molecule has 0 aliphatic carbocycles. The SMILES string of the molecule is COc1cc2c(cc1OC)C(C)N(c1ncnc3c1cnn3-c1ccc(C)cc1C)CC2. The first-order chi connectivity index (χ1) is 15.5. The van der Waals surface area contributed by atoms with Gasteiger partial charge in [0, 0.05) is 6.54 Å². The summed E-state index contributed by atoms with van der Waals surface area (Å²) >= 11 is 0. The summed E-state index contributed by atoms with van der Waals surface area (Å²) in [5.41, 5.74) is 6.74. The zero-order valence-corrected chi connectivity index (χ0v) is 19.1. The highest BCUT2D eigenvalue weighted by Crippen LogP contribution is 2.40. The number of rotatable bonds is 4. The van der Waals surface area contributed by atoms with Crippen LogP contribution in [0.3, 0.4) is 0 Å². The van der Waals surface area contributed by atoms with Gasteiger partial charge >= 0.3 is 0 Å². The highest BCUT2D eigenvalue weighted by molar-refractivity contribution is 5.88. The maximum Gasteiger partial charge on any atom is 0.168 e. The third-order valence-electron chi connectivity index (χ3n) is 6.38. The number of aryl methyl sites for hydroxylation is 2. The fourth-order valence-corrected chi connectivity index (χ4v) is 4.71. The Bertz CT molecular complexity index is 1310. The summed E-state index contributed by atoms with van der Waals surface area (Å²) in [4.78, 5) is 11.6. The Morgan fingerprint density at radius 3 is 2.53 bits per heavy atom. The number of benzene rings is 2. The van der Waals surface area contributed by atoms with Crippen LogP contribution >= 0.6 is 0 Å². The van der Waals surface area contributed by atoms with E-state index < -0.39 is 0 Å². The molecule has 0 radical (unpaired) electrons. The minimum absolute atomic E-state index is 0.126. The first-order valence-corrected chi connectivity index (χ1v) is 10.8. The summed E-state index contributed by atoms with van der Waals surface area (Å²) in [5.74, 6) is 2.42. The van der Waals surface area contributed by atoms with Crippen molar-refractivity contribution in [2.24, 2.45) is 0 Å². The molecule has 0 fully saturated rings. The molecule has 1 aliphatic rings. The molecule has 2 aromatic carbocycles. The molecule has 5 rings (SSSR count). The van der Waals surface area contributed by atoms with Crippen LogP contribution in [0.15, 0.2) is 42.9 Å². The van der Waals surface area contributed by atoms with Gasteiger partial charge in [-0.15, -0.1) is 0 Å². The van der Waals surface area contributed by atoms with E-state index in [2.05, 4.69) is 71.1 Å². The fourth-order valence-electron chi connectivity index (χ4n) is 4.71. The summed E-state index contributed by atoms with van der Waals surface area (Å²) in [6.07, 6.45) is 4.41. The minimum atomic E-state index is 0.126. The summed E-state index contributed by atoms with van der Waals surface area (Å²) < 4.78 is 13.0. The van der Waals surface area contributed by atoms with Gasteiger partial charge in [-0.25, -0.2) is 14.6 Å². The predicted octanol–water partition coefficient (Wildman–Crippen LogP) is 4.57. The molecular formula is C25H27N5O2. The number of methoxy groups -OCH3 is 2. The van der Waals surface area contributed by atoms with Gasteiger partial charge in [-0.05, 0) is 62.1 Å². The molecule has 0 saturated heterocycles. The van der Waals surface area contributed by atoms with Crippen molar-refractivity contribution >= 4 is 16.9 Å². The van der Waals surface area contributed by atoms with Crippen LogP contribution < -0.4 is 14.4 Å². The Hall–Kier alpha value is -3.61. The van der Waals surface area contributed by atoms with Crippen LogP contribution in [-0.2, 0) is 6.42 Å². The Morgan fingerprint density at radius 2 is 1.78 bits per heavy atom. The van der Waals surface area contributed by atoms with Crippen molar-refractivity contribution in [3.8, 4) is 17.2 Å². The van der Waals surface area contributed by atoms with Crippen molar-refractivity contribution in [1.82, 2.24) is 19.7 Å². The lowest BCUT2D eigenvalue weighted by atomic mass is 9.92. The standard InChI is InChI=1S/C25H27N5O2/c1-15-6-7-21(16(2)10-15)30-25-20(13-28-30)24(26-14-27-25)29-9-8-18-11-22(31-4)23(32-5)12-19(18)17(29)3/h6-7,10-14,17H,8-9H2,1-5H3. The van der Waals surface area contributed by atoms with E-state index in [-0.39, 0.29) is 6.04 Å². The molecule has 0 spiro atoms. The van der Waals surface area contributed by atoms with Gasteiger partial charge in [-0.2, -0.15) is 5.10 Å². The molecule has 0 saturated carbocycles. The number of fused-ring (bicyclic) bond motifs is 2. The summed E-state index contributed by atoms with van der Waals surface area (Å²) in [7, 11) is 3.35. The van der Waals surface area contributed by atoms with Gasteiger partial charge < -0.3 is 14.4 Å². The third kappa shape index (κ3) is 3.16. The number of anilines is 1. The fraction of sp³-hybridized carbons (Fsp3) is 0.320. The van der Waals surface area contributed by atoms with Crippen LogP contribution in [0.25, 0.3) is 16.7 Å². The molecule has 32 heavy (non-hydrogen) atoms. The third-order valence-corrected chi connectivity index (χ3v) is 6.38. The monoisotopic (exact) mass is 429 g/mol. The van der Waals surface area contributed by atoms with Crippen molar-refractivity contribution in [2.75, 3.05) is 25.7 Å².